The topological polar surface area (TPSA) is 35.6 Å². The van der Waals surface area contributed by atoms with E-state index < -0.39 is 0 Å². The van der Waals surface area contributed by atoms with Crippen molar-refractivity contribution in [2.24, 2.45) is 0 Å². The fourth-order valence-corrected chi connectivity index (χ4v) is 2.83. The second-order valence-corrected chi connectivity index (χ2v) is 5.19. The maximum Gasteiger partial charge on any atom is 0.0952 e. The van der Waals surface area contributed by atoms with E-state index in [1.807, 2.05) is 13.3 Å². The number of rotatable bonds is 3. The lowest BCUT2D eigenvalue weighted by Gasteiger charge is -2.14. The minimum Gasteiger partial charge on any atom is -0.332 e. The highest BCUT2D eigenvalue weighted by Gasteiger charge is 2.14. The molecule has 2 heterocycles. The zero-order chi connectivity index (χ0) is 12.5. The van der Waals surface area contributed by atoms with E-state index in [0.717, 1.165) is 25.2 Å². The number of fused-ring (bicyclic) bond motifs is 1. The van der Waals surface area contributed by atoms with E-state index in [1.54, 1.807) is 0 Å². The number of aryl methyl sites for hydroxylation is 5. The van der Waals surface area contributed by atoms with E-state index in [-0.39, 0.29) is 0 Å². The van der Waals surface area contributed by atoms with Crippen LogP contribution >= 0.6 is 0 Å². The number of hydrogen-bond donors (Lipinski definition) is 0. The summed E-state index contributed by atoms with van der Waals surface area (Å²) >= 11 is 0. The van der Waals surface area contributed by atoms with E-state index >= 15 is 0 Å². The van der Waals surface area contributed by atoms with Gasteiger partial charge in [0, 0.05) is 17.9 Å². The van der Waals surface area contributed by atoms with Gasteiger partial charge >= 0.3 is 0 Å². The van der Waals surface area contributed by atoms with Crippen LogP contribution in [0.25, 0.3) is 0 Å². The fraction of sp³-hybridized carbons (Fsp3) is 0.571. The number of hydrogen-bond acceptors (Lipinski definition) is 2. The highest BCUT2D eigenvalue weighted by molar-refractivity contribution is 5.16. The predicted molar refractivity (Wildman–Crippen MR) is 70.6 cm³/mol. The van der Waals surface area contributed by atoms with Crippen molar-refractivity contribution >= 4 is 0 Å². The monoisotopic (exact) mass is 244 g/mol. The Hall–Kier alpha value is -1.58. The van der Waals surface area contributed by atoms with Crippen LogP contribution in [0.3, 0.4) is 0 Å². The Morgan fingerprint density at radius 3 is 2.78 bits per heavy atom. The summed E-state index contributed by atoms with van der Waals surface area (Å²) in [5, 5.41) is 4.50. The normalized spacial score (nSPS) is 14.8. The van der Waals surface area contributed by atoms with Gasteiger partial charge in [-0.15, -0.1) is 0 Å². The van der Waals surface area contributed by atoms with Crippen LogP contribution in [0.2, 0.25) is 0 Å². The lowest BCUT2D eigenvalue weighted by atomic mass is 10.0. The number of imidazole rings is 1. The molecule has 18 heavy (non-hydrogen) atoms. The zero-order valence-electron chi connectivity index (χ0n) is 11.2. The molecule has 2 aromatic heterocycles. The molecule has 0 unspecified atom stereocenters. The van der Waals surface area contributed by atoms with Gasteiger partial charge in [-0.1, -0.05) is 0 Å². The van der Waals surface area contributed by atoms with E-state index in [2.05, 4.69) is 32.3 Å². The molecule has 0 N–H and O–H groups in total. The molecule has 0 amide bonds. The molecule has 0 spiro atoms. The summed E-state index contributed by atoms with van der Waals surface area (Å²) in [6, 6.07) is 2.13. The average Bonchev–Trinajstić information content (AvgIpc) is 2.90. The molecule has 0 atom stereocenters. The third kappa shape index (κ3) is 2.07. The van der Waals surface area contributed by atoms with Crippen molar-refractivity contribution in [3.8, 4) is 0 Å². The standard InChI is InChI=1S/C14H20N4/c1-11-9-12(2)18(16-11)8-7-17-10-15-13-5-3-4-6-14(13)17/h9-10H,3-8H2,1-2H3. The summed E-state index contributed by atoms with van der Waals surface area (Å²) in [7, 11) is 0. The van der Waals surface area contributed by atoms with Gasteiger partial charge < -0.3 is 4.57 Å². The number of nitrogens with zero attached hydrogens (tertiary/aromatic N) is 4. The zero-order valence-corrected chi connectivity index (χ0v) is 11.2. The summed E-state index contributed by atoms with van der Waals surface area (Å²) < 4.78 is 4.40. The summed E-state index contributed by atoms with van der Waals surface area (Å²) in [6.45, 7) is 6.07. The second kappa shape index (κ2) is 4.59. The minimum atomic E-state index is 0.933. The Kier molecular flexibility index (Phi) is 2.94. The highest BCUT2D eigenvalue weighted by atomic mass is 15.3. The first-order valence-corrected chi connectivity index (χ1v) is 6.78. The SMILES string of the molecule is Cc1cc(C)n(CCn2cnc3c2CCCC3)n1. The Morgan fingerprint density at radius 2 is 2.00 bits per heavy atom. The molecular weight excluding hydrogens is 224 g/mol. The van der Waals surface area contributed by atoms with E-state index in [9.17, 15) is 0 Å². The van der Waals surface area contributed by atoms with Crippen LogP contribution in [-0.4, -0.2) is 19.3 Å². The molecule has 4 nitrogen and oxygen atoms in total. The van der Waals surface area contributed by atoms with Gasteiger partial charge in [-0.3, -0.25) is 4.68 Å². The first-order valence-electron chi connectivity index (χ1n) is 6.78. The van der Waals surface area contributed by atoms with Crippen molar-refractivity contribution in [1.82, 2.24) is 19.3 Å². The maximum absolute atomic E-state index is 4.53. The molecule has 2 aromatic rings. The molecule has 0 fully saturated rings. The first kappa shape index (κ1) is 11.5. The Labute approximate surface area is 108 Å². The smallest absolute Gasteiger partial charge is 0.0952 e. The van der Waals surface area contributed by atoms with Crippen molar-refractivity contribution in [1.29, 1.82) is 0 Å². The second-order valence-electron chi connectivity index (χ2n) is 5.19. The van der Waals surface area contributed by atoms with Crippen LogP contribution in [-0.2, 0) is 25.9 Å². The van der Waals surface area contributed by atoms with Crippen molar-refractivity contribution in [2.45, 2.75) is 52.6 Å². The molecule has 4 heteroatoms. The molecule has 0 bridgehead atoms. The predicted octanol–water partition coefficient (Wildman–Crippen LogP) is 2.28. The van der Waals surface area contributed by atoms with Gasteiger partial charge in [0.25, 0.3) is 0 Å². The summed E-state index contributed by atoms with van der Waals surface area (Å²) in [4.78, 5) is 4.53. The van der Waals surface area contributed by atoms with E-state index in [0.29, 0.717) is 0 Å². The van der Waals surface area contributed by atoms with Crippen LogP contribution in [0.4, 0.5) is 0 Å². The van der Waals surface area contributed by atoms with Gasteiger partial charge in [-0.2, -0.15) is 5.10 Å². The van der Waals surface area contributed by atoms with Gasteiger partial charge in [0.15, 0.2) is 0 Å². The quantitative estimate of drug-likeness (QED) is 0.830. The van der Waals surface area contributed by atoms with Gasteiger partial charge in [0.05, 0.1) is 24.3 Å². The third-order valence-corrected chi connectivity index (χ3v) is 3.77. The van der Waals surface area contributed by atoms with Crippen LogP contribution in [0.1, 0.15) is 35.6 Å². The van der Waals surface area contributed by atoms with Crippen molar-refractivity contribution in [3.63, 3.8) is 0 Å². The average molecular weight is 244 g/mol. The molecule has 0 saturated carbocycles. The molecule has 0 aliphatic heterocycles. The molecule has 96 valence electrons. The Bertz CT molecular complexity index is 550. The molecule has 3 rings (SSSR count). The van der Waals surface area contributed by atoms with Gasteiger partial charge in [-0.05, 0) is 45.6 Å². The highest BCUT2D eigenvalue weighted by Crippen LogP contribution is 2.19. The summed E-state index contributed by atoms with van der Waals surface area (Å²) in [6.07, 6.45) is 6.94. The largest absolute Gasteiger partial charge is 0.332 e. The Morgan fingerprint density at radius 1 is 1.17 bits per heavy atom. The summed E-state index contributed by atoms with van der Waals surface area (Å²) in [5.41, 5.74) is 5.10. The molecule has 0 radical (unpaired) electrons. The van der Waals surface area contributed by atoms with E-state index in [4.69, 9.17) is 0 Å². The molecular formula is C14H20N4. The van der Waals surface area contributed by atoms with E-state index in [1.165, 1.54) is 36.3 Å². The van der Waals surface area contributed by atoms with Crippen LogP contribution in [0, 0.1) is 13.8 Å². The molecule has 0 aromatic carbocycles. The van der Waals surface area contributed by atoms with Crippen molar-refractivity contribution in [2.75, 3.05) is 0 Å². The summed E-state index contributed by atoms with van der Waals surface area (Å²) in [5.74, 6) is 0. The van der Waals surface area contributed by atoms with Crippen molar-refractivity contribution in [3.05, 3.63) is 35.2 Å². The molecule has 0 saturated heterocycles. The maximum atomic E-state index is 4.53. The Balaban J connectivity index is 1.73. The molecule has 1 aliphatic rings. The van der Waals surface area contributed by atoms with Gasteiger partial charge in [0.2, 0.25) is 0 Å². The lowest BCUT2D eigenvalue weighted by molar-refractivity contribution is 0.503. The lowest BCUT2D eigenvalue weighted by Crippen LogP contribution is -2.13. The fourth-order valence-electron chi connectivity index (χ4n) is 2.83. The van der Waals surface area contributed by atoms with Crippen molar-refractivity contribution < 1.29 is 0 Å². The van der Waals surface area contributed by atoms with Gasteiger partial charge in [-0.25, -0.2) is 4.98 Å². The third-order valence-electron chi connectivity index (χ3n) is 3.77. The first-order chi connectivity index (χ1) is 8.74. The number of aromatic nitrogens is 4. The molecule has 1 aliphatic carbocycles. The van der Waals surface area contributed by atoms with Gasteiger partial charge in [0.1, 0.15) is 0 Å². The van der Waals surface area contributed by atoms with Crippen LogP contribution in [0.5, 0.6) is 0 Å². The minimum absolute atomic E-state index is 0.933. The van der Waals surface area contributed by atoms with Crippen LogP contribution in [0.15, 0.2) is 12.4 Å². The van der Waals surface area contributed by atoms with Crippen LogP contribution < -0.4 is 0 Å².